The Morgan fingerprint density at radius 1 is 1.19 bits per heavy atom. The SMILES string of the molecule is CSc1cccc(NC(=O)c2cc(=O)c(OCc3ccc(F)cc3)c[nH]2)c1. The van der Waals surface area contributed by atoms with Crippen LogP contribution in [-0.2, 0) is 6.61 Å². The normalized spacial score (nSPS) is 10.4. The maximum Gasteiger partial charge on any atom is 0.272 e. The fourth-order valence-corrected chi connectivity index (χ4v) is 2.80. The summed E-state index contributed by atoms with van der Waals surface area (Å²) in [5, 5.41) is 2.74. The van der Waals surface area contributed by atoms with Crippen LogP contribution in [0.5, 0.6) is 5.75 Å². The van der Waals surface area contributed by atoms with Gasteiger partial charge in [0.05, 0.1) is 0 Å². The number of rotatable bonds is 6. The molecule has 3 aromatic rings. The van der Waals surface area contributed by atoms with E-state index in [9.17, 15) is 14.0 Å². The number of benzene rings is 2. The lowest BCUT2D eigenvalue weighted by molar-refractivity contribution is 0.102. The molecule has 0 unspecified atom stereocenters. The maximum atomic E-state index is 12.9. The summed E-state index contributed by atoms with van der Waals surface area (Å²) in [4.78, 5) is 28.3. The molecule has 0 saturated carbocycles. The molecule has 0 bridgehead atoms. The number of carbonyl (C=O) groups excluding carboxylic acids is 1. The minimum Gasteiger partial charge on any atom is -0.483 e. The third kappa shape index (κ3) is 4.98. The molecule has 2 aromatic carbocycles. The molecule has 0 radical (unpaired) electrons. The second-order valence-electron chi connectivity index (χ2n) is 5.68. The van der Waals surface area contributed by atoms with Crippen LogP contribution >= 0.6 is 11.8 Å². The summed E-state index contributed by atoms with van der Waals surface area (Å²) in [5.41, 5.74) is 1.08. The smallest absolute Gasteiger partial charge is 0.272 e. The van der Waals surface area contributed by atoms with Gasteiger partial charge in [0, 0.05) is 22.8 Å². The van der Waals surface area contributed by atoms with Crippen molar-refractivity contribution in [2.75, 3.05) is 11.6 Å². The maximum absolute atomic E-state index is 12.9. The molecule has 0 aliphatic carbocycles. The van der Waals surface area contributed by atoms with Crippen LogP contribution in [0.2, 0.25) is 0 Å². The number of hydrogen-bond donors (Lipinski definition) is 2. The van der Waals surface area contributed by atoms with Crippen molar-refractivity contribution in [1.29, 1.82) is 0 Å². The van der Waals surface area contributed by atoms with Crippen LogP contribution in [0.4, 0.5) is 10.1 Å². The van der Waals surface area contributed by atoms with Gasteiger partial charge in [-0.25, -0.2) is 4.39 Å². The number of carbonyl (C=O) groups is 1. The summed E-state index contributed by atoms with van der Waals surface area (Å²) in [5.74, 6) is -0.675. The fourth-order valence-electron chi connectivity index (χ4n) is 2.34. The van der Waals surface area contributed by atoms with E-state index in [-0.39, 0.29) is 23.9 Å². The van der Waals surface area contributed by atoms with E-state index in [0.717, 1.165) is 10.5 Å². The van der Waals surface area contributed by atoms with Crippen LogP contribution in [-0.4, -0.2) is 17.1 Å². The van der Waals surface area contributed by atoms with Crippen molar-refractivity contribution in [3.8, 4) is 5.75 Å². The van der Waals surface area contributed by atoms with Crippen molar-refractivity contribution in [1.82, 2.24) is 4.98 Å². The number of aromatic amines is 1. The van der Waals surface area contributed by atoms with Crippen molar-refractivity contribution in [2.45, 2.75) is 11.5 Å². The van der Waals surface area contributed by atoms with E-state index in [1.165, 1.54) is 24.4 Å². The minimum absolute atomic E-state index is 0.0836. The summed E-state index contributed by atoms with van der Waals surface area (Å²) in [6, 6.07) is 14.4. The van der Waals surface area contributed by atoms with Gasteiger partial charge in [0.25, 0.3) is 5.91 Å². The van der Waals surface area contributed by atoms with Crippen LogP contribution in [0.15, 0.2) is 70.5 Å². The van der Waals surface area contributed by atoms with Gasteiger partial charge in [0.1, 0.15) is 18.1 Å². The van der Waals surface area contributed by atoms with Crippen molar-refractivity contribution >= 4 is 23.4 Å². The number of halogens is 1. The molecule has 27 heavy (non-hydrogen) atoms. The third-order valence-corrected chi connectivity index (χ3v) is 4.48. The lowest BCUT2D eigenvalue weighted by atomic mass is 10.2. The predicted octanol–water partition coefficient (Wildman–Crippen LogP) is 4.07. The lowest BCUT2D eigenvalue weighted by Gasteiger charge is -2.08. The van der Waals surface area contributed by atoms with Crippen molar-refractivity contribution in [3.63, 3.8) is 0 Å². The number of pyridine rings is 1. The second kappa shape index (κ2) is 8.55. The van der Waals surface area contributed by atoms with Crippen molar-refractivity contribution in [2.24, 2.45) is 0 Å². The van der Waals surface area contributed by atoms with Gasteiger partial charge in [0.2, 0.25) is 5.43 Å². The first-order valence-electron chi connectivity index (χ1n) is 8.10. The van der Waals surface area contributed by atoms with E-state index >= 15 is 0 Å². The summed E-state index contributed by atoms with van der Waals surface area (Å²) in [7, 11) is 0. The van der Waals surface area contributed by atoms with Crippen LogP contribution in [0.25, 0.3) is 0 Å². The first kappa shape index (κ1) is 18.7. The van der Waals surface area contributed by atoms with Crippen LogP contribution in [0.1, 0.15) is 16.1 Å². The van der Waals surface area contributed by atoms with E-state index in [1.807, 2.05) is 24.5 Å². The first-order chi connectivity index (χ1) is 13.0. The number of aromatic nitrogens is 1. The molecule has 0 atom stereocenters. The Hall–Kier alpha value is -3.06. The van der Waals surface area contributed by atoms with E-state index in [0.29, 0.717) is 5.69 Å². The van der Waals surface area contributed by atoms with Gasteiger partial charge in [-0.15, -0.1) is 11.8 Å². The lowest BCUT2D eigenvalue weighted by Crippen LogP contribution is -2.17. The molecule has 0 aliphatic heterocycles. The second-order valence-corrected chi connectivity index (χ2v) is 6.56. The summed E-state index contributed by atoms with van der Waals surface area (Å²) < 4.78 is 18.3. The first-order valence-corrected chi connectivity index (χ1v) is 9.33. The average molecular weight is 384 g/mol. The molecular weight excluding hydrogens is 367 g/mol. The molecule has 1 aromatic heterocycles. The molecule has 0 aliphatic rings. The summed E-state index contributed by atoms with van der Waals surface area (Å²) in [6.45, 7) is 0.121. The number of amides is 1. The van der Waals surface area contributed by atoms with Crippen LogP contribution in [0.3, 0.4) is 0 Å². The summed E-state index contributed by atoms with van der Waals surface area (Å²) >= 11 is 1.57. The topological polar surface area (TPSA) is 71.2 Å². The molecule has 0 spiro atoms. The van der Waals surface area contributed by atoms with Crippen LogP contribution in [0, 0.1) is 5.82 Å². The van der Waals surface area contributed by atoms with Gasteiger partial charge in [-0.2, -0.15) is 0 Å². The van der Waals surface area contributed by atoms with Gasteiger partial charge in [-0.1, -0.05) is 18.2 Å². The van der Waals surface area contributed by atoms with Gasteiger partial charge in [-0.05, 0) is 42.2 Å². The number of H-pyrrole nitrogens is 1. The van der Waals surface area contributed by atoms with E-state index in [4.69, 9.17) is 4.74 Å². The Morgan fingerprint density at radius 3 is 2.67 bits per heavy atom. The van der Waals surface area contributed by atoms with Gasteiger partial charge in [-0.3, -0.25) is 9.59 Å². The van der Waals surface area contributed by atoms with Crippen LogP contribution < -0.4 is 15.5 Å². The van der Waals surface area contributed by atoms with Crippen molar-refractivity contribution < 1.29 is 13.9 Å². The standard InChI is InChI=1S/C20H17FN2O3S/c1-27-16-4-2-3-15(9-16)23-20(25)17-10-18(24)19(11-22-17)26-12-13-5-7-14(21)8-6-13/h2-11H,12H2,1H3,(H,22,24)(H,23,25). The van der Waals surface area contributed by atoms with E-state index in [1.54, 1.807) is 30.0 Å². The number of thioether (sulfide) groups is 1. The zero-order valence-corrected chi connectivity index (χ0v) is 15.3. The molecule has 2 N–H and O–H groups in total. The Balaban J connectivity index is 1.67. The quantitative estimate of drug-likeness (QED) is 0.629. The zero-order valence-electron chi connectivity index (χ0n) is 14.5. The van der Waals surface area contributed by atoms with E-state index in [2.05, 4.69) is 10.3 Å². The monoisotopic (exact) mass is 384 g/mol. The Morgan fingerprint density at radius 2 is 1.96 bits per heavy atom. The molecule has 5 nitrogen and oxygen atoms in total. The Bertz CT molecular complexity index is 1000. The zero-order chi connectivity index (χ0) is 19.2. The van der Waals surface area contributed by atoms with Gasteiger partial charge < -0.3 is 15.0 Å². The molecule has 138 valence electrons. The number of ether oxygens (including phenoxy) is 1. The molecule has 0 fully saturated rings. The van der Waals surface area contributed by atoms with E-state index < -0.39 is 11.3 Å². The molecule has 0 saturated heterocycles. The molecule has 7 heteroatoms. The van der Waals surface area contributed by atoms with Gasteiger partial charge in [0.15, 0.2) is 5.75 Å². The highest BCUT2D eigenvalue weighted by Crippen LogP contribution is 2.19. The largest absolute Gasteiger partial charge is 0.483 e. The highest BCUT2D eigenvalue weighted by atomic mass is 32.2. The highest BCUT2D eigenvalue weighted by molar-refractivity contribution is 7.98. The Labute approximate surface area is 159 Å². The molecular formula is C20H17FN2O3S. The number of nitrogens with one attached hydrogen (secondary N) is 2. The molecule has 1 amide bonds. The fraction of sp³-hybridized carbons (Fsp3) is 0.100. The van der Waals surface area contributed by atoms with Crippen molar-refractivity contribution in [3.05, 3.63) is 88.1 Å². The third-order valence-electron chi connectivity index (χ3n) is 3.76. The highest BCUT2D eigenvalue weighted by Gasteiger charge is 2.10. The molecule has 3 rings (SSSR count). The Kier molecular flexibility index (Phi) is 5.93. The average Bonchev–Trinajstić information content (AvgIpc) is 2.68. The predicted molar refractivity (Wildman–Crippen MR) is 104 cm³/mol. The number of hydrogen-bond acceptors (Lipinski definition) is 4. The molecule has 1 heterocycles. The number of anilines is 1. The summed E-state index contributed by atoms with van der Waals surface area (Å²) in [6.07, 6.45) is 3.29. The van der Waals surface area contributed by atoms with Gasteiger partial charge >= 0.3 is 0 Å². The minimum atomic E-state index is -0.421.